The van der Waals surface area contributed by atoms with Crippen LogP contribution in [0, 0.1) is 11.6 Å². The molecule has 0 aliphatic carbocycles. The number of rotatable bonds is 3. The van der Waals surface area contributed by atoms with Crippen LogP contribution in [0.4, 0.5) is 8.78 Å². The fourth-order valence-corrected chi connectivity index (χ4v) is 0.998. The highest BCUT2D eigenvalue weighted by atomic mass is 19.2. The molecule has 0 saturated carbocycles. The molecule has 0 unspecified atom stereocenters. The molecule has 15 heavy (non-hydrogen) atoms. The second-order valence-corrected chi connectivity index (χ2v) is 2.92. The lowest BCUT2D eigenvalue weighted by molar-refractivity contribution is 0.507. The zero-order valence-electron chi connectivity index (χ0n) is 8.30. The van der Waals surface area contributed by atoms with Crippen molar-refractivity contribution in [2.75, 3.05) is 0 Å². The molecule has 1 aromatic carbocycles. The number of halogens is 2. The SMILES string of the molecule is C=NNC(C)=NCc1ccc(F)c(F)c1. The Morgan fingerprint density at radius 1 is 1.40 bits per heavy atom. The van der Waals surface area contributed by atoms with Gasteiger partial charge in [-0.25, -0.2) is 8.78 Å². The van der Waals surface area contributed by atoms with E-state index in [9.17, 15) is 8.78 Å². The number of hydrogen-bond donors (Lipinski definition) is 1. The molecule has 5 heteroatoms. The maximum absolute atomic E-state index is 12.8. The lowest BCUT2D eigenvalue weighted by Gasteiger charge is -2.00. The normalized spacial score (nSPS) is 11.3. The molecule has 3 nitrogen and oxygen atoms in total. The van der Waals surface area contributed by atoms with Gasteiger partial charge in [0, 0.05) is 6.72 Å². The Bertz CT molecular complexity index is 388. The standard InChI is InChI=1S/C10H11F2N3/c1-7(15-13-2)14-6-8-3-4-9(11)10(12)5-8/h3-5H,2,6H2,1H3,(H,14,15). The van der Waals surface area contributed by atoms with Gasteiger partial charge in [-0.15, -0.1) is 0 Å². The molecule has 1 rings (SSSR count). The first-order valence-electron chi connectivity index (χ1n) is 4.30. The molecule has 0 fully saturated rings. The first kappa shape index (κ1) is 11.3. The summed E-state index contributed by atoms with van der Waals surface area (Å²) in [6, 6.07) is 3.68. The van der Waals surface area contributed by atoms with Crippen molar-refractivity contribution in [2.45, 2.75) is 13.5 Å². The quantitative estimate of drug-likeness (QED) is 0.464. The minimum absolute atomic E-state index is 0.269. The summed E-state index contributed by atoms with van der Waals surface area (Å²) < 4.78 is 25.4. The number of amidine groups is 1. The summed E-state index contributed by atoms with van der Waals surface area (Å²) in [7, 11) is 0. The first-order valence-corrected chi connectivity index (χ1v) is 4.30. The van der Waals surface area contributed by atoms with Crippen LogP contribution in [0.15, 0.2) is 28.3 Å². The molecule has 0 aliphatic heterocycles. The highest BCUT2D eigenvalue weighted by Gasteiger charge is 2.01. The van der Waals surface area contributed by atoms with Crippen LogP contribution in [0.5, 0.6) is 0 Å². The van der Waals surface area contributed by atoms with Gasteiger partial charge in [-0.2, -0.15) is 5.10 Å². The Balaban J connectivity index is 2.69. The molecule has 0 radical (unpaired) electrons. The van der Waals surface area contributed by atoms with Gasteiger partial charge in [-0.05, 0) is 24.6 Å². The lowest BCUT2D eigenvalue weighted by Crippen LogP contribution is -2.12. The monoisotopic (exact) mass is 211 g/mol. The fourth-order valence-electron chi connectivity index (χ4n) is 0.998. The molecule has 0 amide bonds. The number of aliphatic imine (C=N–C) groups is 1. The topological polar surface area (TPSA) is 36.8 Å². The lowest BCUT2D eigenvalue weighted by atomic mass is 10.2. The maximum atomic E-state index is 12.8. The van der Waals surface area contributed by atoms with Gasteiger partial charge in [0.2, 0.25) is 0 Å². The van der Waals surface area contributed by atoms with Crippen LogP contribution < -0.4 is 5.43 Å². The van der Waals surface area contributed by atoms with E-state index in [1.54, 1.807) is 6.92 Å². The Morgan fingerprint density at radius 2 is 2.13 bits per heavy atom. The van der Waals surface area contributed by atoms with Gasteiger partial charge in [0.1, 0.15) is 5.84 Å². The highest BCUT2D eigenvalue weighted by Crippen LogP contribution is 2.09. The van der Waals surface area contributed by atoms with Gasteiger partial charge in [0.15, 0.2) is 11.6 Å². The van der Waals surface area contributed by atoms with Gasteiger partial charge in [-0.1, -0.05) is 6.07 Å². The molecule has 0 aliphatic rings. The van der Waals surface area contributed by atoms with Crippen LogP contribution in [-0.2, 0) is 6.54 Å². The van der Waals surface area contributed by atoms with Gasteiger partial charge in [0.05, 0.1) is 6.54 Å². The van der Waals surface area contributed by atoms with E-state index in [4.69, 9.17) is 0 Å². The van der Waals surface area contributed by atoms with Gasteiger partial charge < -0.3 is 0 Å². The van der Waals surface area contributed by atoms with Crippen molar-refractivity contribution in [1.82, 2.24) is 5.43 Å². The maximum Gasteiger partial charge on any atom is 0.159 e. The van der Waals surface area contributed by atoms with Crippen LogP contribution in [0.1, 0.15) is 12.5 Å². The third kappa shape index (κ3) is 3.46. The number of nitrogens with zero attached hydrogens (tertiary/aromatic N) is 2. The van der Waals surface area contributed by atoms with E-state index >= 15 is 0 Å². The van der Waals surface area contributed by atoms with Gasteiger partial charge in [0.25, 0.3) is 0 Å². The second-order valence-electron chi connectivity index (χ2n) is 2.92. The predicted molar refractivity (Wildman–Crippen MR) is 55.9 cm³/mol. The minimum Gasteiger partial charge on any atom is -0.267 e. The molecule has 0 aromatic heterocycles. The van der Waals surface area contributed by atoms with E-state index in [0.717, 1.165) is 12.1 Å². The Hall–Kier alpha value is -1.78. The smallest absolute Gasteiger partial charge is 0.159 e. The largest absolute Gasteiger partial charge is 0.267 e. The van der Waals surface area contributed by atoms with Gasteiger partial charge >= 0.3 is 0 Å². The average molecular weight is 211 g/mol. The van der Waals surface area contributed by atoms with E-state index < -0.39 is 11.6 Å². The zero-order valence-corrected chi connectivity index (χ0v) is 8.30. The summed E-state index contributed by atoms with van der Waals surface area (Å²) in [5.41, 5.74) is 3.13. The van der Waals surface area contributed by atoms with E-state index in [0.29, 0.717) is 11.4 Å². The van der Waals surface area contributed by atoms with Crippen LogP contribution in [0.3, 0.4) is 0 Å². The molecule has 1 N–H and O–H groups in total. The van der Waals surface area contributed by atoms with Crippen LogP contribution >= 0.6 is 0 Å². The van der Waals surface area contributed by atoms with E-state index in [-0.39, 0.29) is 6.54 Å². The van der Waals surface area contributed by atoms with Crippen molar-refractivity contribution in [3.8, 4) is 0 Å². The van der Waals surface area contributed by atoms with Crippen molar-refractivity contribution < 1.29 is 8.78 Å². The molecule has 0 bridgehead atoms. The molecule has 80 valence electrons. The van der Waals surface area contributed by atoms with Crippen molar-refractivity contribution in [3.63, 3.8) is 0 Å². The molecule has 0 heterocycles. The molecule has 0 atom stereocenters. The zero-order chi connectivity index (χ0) is 11.3. The average Bonchev–Trinajstić information content (AvgIpc) is 2.20. The number of nitrogens with one attached hydrogen (secondary N) is 1. The molecular formula is C10H11F2N3. The van der Waals surface area contributed by atoms with Gasteiger partial charge in [-0.3, -0.25) is 10.4 Å². The number of hydrazone groups is 1. The third-order valence-corrected chi connectivity index (χ3v) is 1.72. The summed E-state index contributed by atoms with van der Waals surface area (Å²) in [4.78, 5) is 4.04. The van der Waals surface area contributed by atoms with Crippen molar-refractivity contribution in [1.29, 1.82) is 0 Å². The van der Waals surface area contributed by atoms with Crippen LogP contribution in [0.2, 0.25) is 0 Å². The summed E-state index contributed by atoms with van der Waals surface area (Å²) in [6.07, 6.45) is 0. The Labute approximate surface area is 86.5 Å². The summed E-state index contributed by atoms with van der Waals surface area (Å²) in [5, 5.41) is 3.41. The van der Waals surface area contributed by atoms with Crippen molar-refractivity contribution in [2.24, 2.45) is 10.1 Å². The Kier molecular flexibility index (Phi) is 3.91. The van der Waals surface area contributed by atoms with Crippen molar-refractivity contribution in [3.05, 3.63) is 35.4 Å². The van der Waals surface area contributed by atoms with E-state index in [2.05, 4.69) is 22.2 Å². The summed E-state index contributed by atoms with van der Waals surface area (Å²) in [5.74, 6) is -1.16. The van der Waals surface area contributed by atoms with E-state index in [1.807, 2.05) is 0 Å². The minimum atomic E-state index is -0.866. The summed E-state index contributed by atoms with van der Waals surface area (Å²) >= 11 is 0. The number of benzene rings is 1. The number of hydrogen-bond acceptors (Lipinski definition) is 2. The van der Waals surface area contributed by atoms with E-state index in [1.165, 1.54) is 6.07 Å². The Morgan fingerprint density at radius 3 is 2.73 bits per heavy atom. The van der Waals surface area contributed by atoms with Crippen molar-refractivity contribution >= 4 is 12.6 Å². The van der Waals surface area contributed by atoms with Crippen LogP contribution in [-0.4, -0.2) is 12.6 Å². The third-order valence-electron chi connectivity index (χ3n) is 1.72. The first-order chi connectivity index (χ1) is 7.13. The molecule has 1 aromatic rings. The van der Waals surface area contributed by atoms with Crippen LogP contribution in [0.25, 0.3) is 0 Å². The predicted octanol–water partition coefficient (Wildman–Crippen LogP) is 2.09. The molecular weight excluding hydrogens is 200 g/mol. The highest BCUT2D eigenvalue weighted by molar-refractivity contribution is 5.79. The molecule has 0 saturated heterocycles. The summed E-state index contributed by atoms with van der Waals surface area (Å²) in [6.45, 7) is 5.20. The second kappa shape index (κ2) is 5.19. The molecule has 0 spiro atoms. The fraction of sp³-hybridized carbons (Fsp3) is 0.200.